The Morgan fingerprint density at radius 1 is 1.27 bits per heavy atom. The van der Waals surface area contributed by atoms with Crippen molar-refractivity contribution in [1.29, 1.82) is 0 Å². The molecular weight excluding hydrogens is 332 g/mol. The number of rotatable bonds is 6. The lowest BCUT2D eigenvalue weighted by Gasteiger charge is -2.31. The van der Waals surface area contributed by atoms with Crippen LogP contribution in [0, 0.1) is 5.92 Å². The Hall–Kier alpha value is -2.60. The monoisotopic (exact) mass is 356 g/mol. The van der Waals surface area contributed by atoms with E-state index in [1.54, 1.807) is 24.1 Å². The second-order valence-electron chi connectivity index (χ2n) is 6.54. The first-order chi connectivity index (χ1) is 12.7. The van der Waals surface area contributed by atoms with Gasteiger partial charge >= 0.3 is 0 Å². The van der Waals surface area contributed by atoms with Gasteiger partial charge < -0.3 is 19.4 Å². The Morgan fingerprint density at radius 2 is 2.12 bits per heavy atom. The van der Waals surface area contributed by atoms with Crippen LogP contribution in [0.25, 0.3) is 0 Å². The van der Waals surface area contributed by atoms with Gasteiger partial charge in [-0.05, 0) is 36.1 Å². The molecule has 0 bridgehead atoms. The summed E-state index contributed by atoms with van der Waals surface area (Å²) in [6.45, 7) is 2.10. The van der Waals surface area contributed by atoms with E-state index in [1.807, 2.05) is 24.3 Å². The Labute approximate surface area is 153 Å². The predicted octanol–water partition coefficient (Wildman–Crippen LogP) is 2.59. The molecule has 1 aliphatic heterocycles. The Bertz CT molecular complexity index is 742. The van der Waals surface area contributed by atoms with Gasteiger partial charge in [0.2, 0.25) is 5.91 Å². The van der Waals surface area contributed by atoms with Gasteiger partial charge in [-0.25, -0.2) is 0 Å². The Morgan fingerprint density at radius 3 is 2.88 bits per heavy atom. The van der Waals surface area contributed by atoms with Crippen molar-refractivity contribution in [3.05, 3.63) is 59.5 Å². The SMILES string of the molecule is COCc1cccc(CNC(=O)C2CCCN(C(=O)c3ccco3)C2)c1. The molecule has 1 aromatic heterocycles. The summed E-state index contributed by atoms with van der Waals surface area (Å²) in [5, 5.41) is 2.99. The largest absolute Gasteiger partial charge is 0.459 e. The molecule has 6 nitrogen and oxygen atoms in total. The third-order valence-electron chi connectivity index (χ3n) is 4.58. The van der Waals surface area contributed by atoms with Crippen molar-refractivity contribution in [1.82, 2.24) is 10.2 Å². The standard InChI is InChI=1S/C20H24N2O4/c1-25-14-16-6-2-5-15(11-16)12-21-19(23)17-7-3-9-22(13-17)20(24)18-8-4-10-26-18/h2,4-6,8,10-11,17H,3,7,9,12-14H2,1H3,(H,21,23). The Kier molecular flexibility index (Phi) is 6.07. The number of likely N-dealkylation sites (tertiary alicyclic amines) is 1. The average molecular weight is 356 g/mol. The maximum atomic E-state index is 12.5. The number of hydrogen-bond acceptors (Lipinski definition) is 4. The van der Waals surface area contributed by atoms with Crippen LogP contribution in [0.3, 0.4) is 0 Å². The van der Waals surface area contributed by atoms with Crippen LogP contribution in [0.2, 0.25) is 0 Å². The normalized spacial score (nSPS) is 17.1. The van der Waals surface area contributed by atoms with Crippen LogP contribution >= 0.6 is 0 Å². The van der Waals surface area contributed by atoms with E-state index in [0.29, 0.717) is 32.0 Å². The lowest BCUT2D eigenvalue weighted by Crippen LogP contribution is -2.45. The highest BCUT2D eigenvalue weighted by Crippen LogP contribution is 2.19. The molecule has 2 amide bonds. The van der Waals surface area contributed by atoms with Crippen LogP contribution in [0.4, 0.5) is 0 Å². The third-order valence-corrected chi connectivity index (χ3v) is 4.58. The van der Waals surface area contributed by atoms with Crippen molar-refractivity contribution >= 4 is 11.8 Å². The molecule has 2 heterocycles. The fourth-order valence-electron chi connectivity index (χ4n) is 3.26. The highest BCUT2D eigenvalue weighted by Gasteiger charge is 2.29. The minimum Gasteiger partial charge on any atom is -0.459 e. The molecule has 138 valence electrons. The zero-order valence-electron chi connectivity index (χ0n) is 14.9. The number of piperidine rings is 1. The van der Waals surface area contributed by atoms with Gasteiger partial charge in [-0.1, -0.05) is 24.3 Å². The van der Waals surface area contributed by atoms with E-state index in [4.69, 9.17) is 9.15 Å². The molecule has 1 fully saturated rings. The molecule has 1 atom stereocenters. The maximum Gasteiger partial charge on any atom is 0.289 e. The first kappa shape index (κ1) is 18.2. The maximum absolute atomic E-state index is 12.5. The van der Waals surface area contributed by atoms with Gasteiger partial charge in [-0.2, -0.15) is 0 Å². The molecule has 1 saturated heterocycles. The summed E-state index contributed by atoms with van der Waals surface area (Å²) in [5.74, 6) is -0.0373. The topological polar surface area (TPSA) is 71.8 Å². The second kappa shape index (κ2) is 8.67. The molecule has 3 rings (SSSR count). The summed E-state index contributed by atoms with van der Waals surface area (Å²) < 4.78 is 10.3. The van der Waals surface area contributed by atoms with Crippen LogP contribution in [0.5, 0.6) is 0 Å². The zero-order valence-corrected chi connectivity index (χ0v) is 14.9. The molecule has 0 radical (unpaired) electrons. The number of benzene rings is 1. The lowest BCUT2D eigenvalue weighted by atomic mass is 9.96. The fraction of sp³-hybridized carbons (Fsp3) is 0.400. The summed E-state index contributed by atoms with van der Waals surface area (Å²) in [4.78, 5) is 26.6. The molecule has 0 spiro atoms. The molecule has 26 heavy (non-hydrogen) atoms. The van der Waals surface area contributed by atoms with Crippen LogP contribution in [-0.4, -0.2) is 36.9 Å². The van der Waals surface area contributed by atoms with Gasteiger partial charge in [-0.3, -0.25) is 9.59 Å². The van der Waals surface area contributed by atoms with Crippen molar-refractivity contribution in [3.63, 3.8) is 0 Å². The molecule has 1 unspecified atom stereocenters. The van der Waals surface area contributed by atoms with Crippen molar-refractivity contribution in [3.8, 4) is 0 Å². The minimum absolute atomic E-state index is 0.0147. The molecular formula is C20H24N2O4. The van der Waals surface area contributed by atoms with Gasteiger partial charge in [0.25, 0.3) is 5.91 Å². The molecule has 1 aliphatic rings. The predicted molar refractivity (Wildman–Crippen MR) is 96.3 cm³/mol. The highest BCUT2D eigenvalue weighted by atomic mass is 16.5. The second-order valence-corrected chi connectivity index (χ2v) is 6.54. The zero-order chi connectivity index (χ0) is 18.4. The van der Waals surface area contributed by atoms with E-state index < -0.39 is 0 Å². The van der Waals surface area contributed by atoms with Crippen molar-refractivity contribution in [2.45, 2.75) is 26.0 Å². The van der Waals surface area contributed by atoms with Crippen LogP contribution in [-0.2, 0) is 22.7 Å². The molecule has 1 N–H and O–H groups in total. The number of carbonyl (C=O) groups is 2. The molecule has 0 aliphatic carbocycles. The minimum atomic E-state index is -0.190. The van der Waals surface area contributed by atoms with Gasteiger partial charge in [0.1, 0.15) is 0 Å². The summed E-state index contributed by atoms with van der Waals surface area (Å²) in [6.07, 6.45) is 3.09. The van der Waals surface area contributed by atoms with Crippen LogP contribution in [0.1, 0.15) is 34.5 Å². The van der Waals surface area contributed by atoms with Gasteiger partial charge in [0, 0.05) is 26.7 Å². The summed E-state index contributed by atoms with van der Waals surface area (Å²) in [6, 6.07) is 11.3. The highest BCUT2D eigenvalue weighted by molar-refractivity contribution is 5.92. The van der Waals surface area contributed by atoms with Gasteiger partial charge in [-0.15, -0.1) is 0 Å². The van der Waals surface area contributed by atoms with Crippen LogP contribution in [0.15, 0.2) is 47.1 Å². The van der Waals surface area contributed by atoms with E-state index >= 15 is 0 Å². The third kappa shape index (κ3) is 4.52. The number of nitrogens with zero attached hydrogens (tertiary/aromatic N) is 1. The molecule has 6 heteroatoms. The first-order valence-electron chi connectivity index (χ1n) is 8.84. The molecule has 0 saturated carbocycles. The number of carbonyl (C=O) groups excluding carboxylic acids is 2. The Balaban J connectivity index is 1.54. The van der Waals surface area contributed by atoms with Crippen molar-refractivity contribution in [2.75, 3.05) is 20.2 Å². The van der Waals surface area contributed by atoms with E-state index in [0.717, 1.165) is 24.0 Å². The van der Waals surface area contributed by atoms with E-state index in [1.165, 1.54) is 6.26 Å². The average Bonchev–Trinajstić information content (AvgIpc) is 3.21. The van der Waals surface area contributed by atoms with Crippen LogP contribution < -0.4 is 5.32 Å². The summed E-state index contributed by atoms with van der Waals surface area (Å²) in [5.41, 5.74) is 2.11. The van der Waals surface area contributed by atoms with E-state index in [2.05, 4.69) is 5.32 Å². The lowest BCUT2D eigenvalue weighted by molar-refractivity contribution is -0.126. The summed E-state index contributed by atoms with van der Waals surface area (Å²) >= 11 is 0. The number of amides is 2. The number of hydrogen-bond donors (Lipinski definition) is 1. The number of furan rings is 1. The van der Waals surface area contributed by atoms with Crippen molar-refractivity contribution < 1.29 is 18.7 Å². The van der Waals surface area contributed by atoms with Crippen molar-refractivity contribution in [2.24, 2.45) is 5.92 Å². The number of methoxy groups -OCH3 is 1. The first-order valence-corrected chi connectivity index (χ1v) is 8.84. The van der Waals surface area contributed by atoms with Gasteiger partial charge in [0.15, 0.2) is 5.76 Å². The van der Waals surface area contributed by atoms with E-state index in [9.17, 15) is 9.59 Å². The number of ether oxygens (including phenoxy) is 1. The van der Waals surface area contributed by atoms with Gasteiger partial charge in [0.05, 0.1) is 18.8 Å². The smallest absolute Gasteiger partial charge is 0.289 e. The number of nitrogens with one attached hydrogen (secondary N) is 1. The molecule has 2 aromatic rings. The quantitative estimate of drug-likeness (QED) is 0.864. The van der Waals surface area contributed by atoms with E-state index in [-0.39, 0.29) is 17.7 Å². The summed E-state index contributed by atoms with van der Waals surface area (Å²) in [7, 11) is 1.66. The molecule has 1 aromatic carbocycles. The fourth-order valence-corrected chi connectivity index (χ4v) is 3.26.